The minimum Gasteiger partial charge on any atom is -0.394 e. The first-order chi connectivity index (χ1) is 14.3. The summed E-state index contributed by atoms with van der Waals surface area (Å²) in [6.07, 6.45) is 1.32. The number of amides is 1. The molecule has 2 saturated heterocycles. The second kappa shape index (κ2) is 7.76. The van der Waals surface area contributed by atoms with Crippen LogP contribution in [0.2, 0.25) is 0 Å². The maximum Gasteiger partial charge on any atom is 0.330 e. The fraction of sp³-hybridized carbons (Fsp3) is 0.474. The number of carbonyl (C=O) groups is 1. The lowest BCUT2D eigenvalue weighted by molar-refractivity contribution is -0.200. The van der Waals surface area contributed by atoms with Crippen molar-refractivity contribution in [2.24, 2.45) is 0 Å². The zero-order valence-corrected chi connectivity index (χ0v) is 16.4. The van der Waals surface area contributed by atoms with Gasteiger partial charge in [-0.05, 0) is 31.5 Å². The van der Waals surface area contributed by atoms with Gasteiger partial charge in [-0.2, -0.15) is 0 Å². The monoisotopic (exact) mass is 418 g/mol. The van der Waals surface area contributed by atoms with Crippen molar-refractivity contribution in [1.82, 2.24) is 19.9 Å². The summed E-state index contributed by atoms with van der Waals surface area (Å²) in [6, 6.07) is 3.46. The maximum atomic E-state index is 12.6. The third kappa shape index (κ3) is 3.79. The van der Waals surface area contributed by atoms with E-state index in [0.29, 0.717) is 0 Å². The lowest BCUT2D eigenvalue weighted by Crippen LogP contribution is -2.41. The molecule has 4 atom stereocenters. The van der Waals surface area contributed by atoms with Crippen LogP contribution in [0.4, 0.5) is 0 Å². The molecule has 0 radical (unpaired) electrons. The number of ether oxygens (including phenoxy) is 3. The maximum absolute atomic E-state index is 12.6. The van der Waals surface area contributed by atoms with E-state index in [1.807, 2.05) is 0 Å². The summed E-state index contributed by atoms with van der Waals surface area (Å²) in [5.41, 5.74) is -1.04. The number of aromatic nitrogens is 3. The number of aliphatic hydroxyl groups excluding tert-OH is 1. The van der Waals surface area contributed by atoms with E-state index in [9.17, 15) is 19.5 Å². The van der Waals surface area contributed by atoms with Crippen molar-refractivity contribution in [1.29, 1.82) is 0 Å². The summed E-state index contributed by atoms with van der Waals surface area (Å²) >= 11 is 0. The first-order valence-corrected chi connectivity index (χ1v) is 9.43. The van der Waals surface area contributed by atoms with Gasteiger partial charge in [0.2, 0.25) is 0 Å². The molecule has 0 aromatic carbocycles. The van der Waals surface area contributed by atoms with Crippen molar-refractivity contribution in [2.75, 3.05) is 6.61 Å². The number of aromatic amines is 1. The van der Waals surface area contributed by atoms with E-state index in [2.05, 4.69) is 15.3 Å². The minimum atomic E-state index is -0.981. The Morgan fingerprint density at radius 3 is 2.67 bits per heavy atom. The molecule has 2 aromatic rings. The lowest BCUT2D eigenvalue weighted by Gasteiger charge is -2.24. The molecule has 4 heterocycles. The Morgan fingerprint density at radius 1 is 1.27 bits per heavy atom. The van der Waals surface area contributed by atoms with Gasteiger partial charge in [-0.3, -0.25) is 24.1 Å². The molecule has 2 aliphatic heterocycles. The number of aliphatic hydroxyl groups is 1. The highest BCUT2D eigenvalue weighted by molar-refractivity contribution is 5.93. The number of rotatable bonds is 5. The molecule has 2 fully saturated rings. The lowest BCUT2D eigenvalue weighted by atomic mass is 10.1. The van der Waals surface area contributed by atoms with Gasteiger partial charge in [-0.25, -0.2) is 4.79 Å². The predicted molar refractivity (Wildman–Crippen MR) is 102 cm³/mol. The molecule has 0 bridgehead atoms. The topological polar surface area (TPSA) is 145 Å². The van der Waals surface area contributed by atoms with E-state index in [-0.39, 0.29) is 18.7 Å². The van der Waals surface area contributed by atoms with Crippen molar-refractivity contribution in [3.8, 4) is 0 Å². The summed E-state index contributed by atoms with van der Waals surface area (Å²) in [5.74, 6) is -1.58. The van der Waals surface area contributed by atoms with E-state index < -0.39 is 47.5 Å². The van der Waals surface area contributed by atoms with Crippen LogP contribution in [0.1, 0.15) is 36.0 Å². The van der Waals surface area contributed by atoms with Crippen LogP contribution in [0.25, 0.3) is 0 Å². The highest BCUT2D eigenvalue weighted by atomic mass is 16.8. The summed E-state index contributed by atoms with van der Waals surface area (Å²) in [7, 11) is 0. The predicted octanol–water partition coefficient (Wildman–Crippen LogP) is -0.729. The van der Waals surface area contributed by atoms with Crippen LogP contribution in [0.5, 0.6) is 0 Å². The molecule has 3 N–H and O–H groups in total. The Hall–Kier alpha value is -2.86. The number of carbonyl (C=O) groups excluding carboxylic acids is 1. The highest BCUT2D eigenvalue weighted by Crippen LogP contribution is 2.42. The molecule has 30 heavy (non-hydrogen) atoms. The molecule has 11 heteroatoms. The van der Waals surface area contributed by atoms with Crippen LogP contribution in [0.3, 0.4) is 0 Å². The van der Waals surface area contributed by atoms with Crippen LogP contribution in [0, 0.1) is 0 Å². The van der Waals surface area contributed by atoms with Gasteiger partial charge in [0.25, 0.3) is 11.5 Å². The molecular formula is C19H22N4O7. The smallest absolute Gasteiger partial charge is 0.330 e. The van der Waals surface area contributed by atoms with E-state index in [4.69, 9.17) is 14.2 Å². The van der Waals surface area contributed by atoms with Crippen LogP contribution in [-0.4, -0.2) is 56.3 Å². The molecule has 0 spiro atoms. The van der Waals surface area contributed by atoms with E-state index in [1.54, 1.807) is 38.4 Å². The number of H-pyrrole nitrogens is 1. The number of nitrogens with one attached hydrogen (secondary N) is 2. The van der Waals surface area contributed by atoms with E-state index >= 15 is 0 Å². The fourth-order valence-corrected chi connectivity index (χ4v) is 3.64. The van der Waals surface area contributed by atoms with Crippen molar-refractivity contribution in [3.05, 3.63) is 62.7 Å². The molecule has 2 aromatic heterocycles. The fourth-order valence-electron chi connectivity index (χ4n) is 3.64. The van der Waals surface area contributed by atoms with Crippen LogP contribution >= 0.6 is 0 Å². The van der Waals surface area contributed by atoms with Gasteiger partial charge in [0.1, 0.15) is 23.9 Å². The summed E-state index contributed by atoms with van der Waals surface area (Å²) < 4.78 is 18.5. The van der Waals surface area contributed by atoms with Crippen molar-refractivity contribution >= 4 is 5.91 Å². The highest BCUT2D eigenvalue weighted by Gasteiger charge is 2.56. The normalized spacial score (nSPS) is 27.0. The zero-order valence-electron chi connectivity index (χ0n) is 16.4. The first-order valence-electron chi connectivity index (χ1n) is 9.43. The van der Waals surface area contributed by atoms with Crippen LogP contribution in [-0.2, 0) is 20.8 Å². The number of nitrogens with zero attached hydrogens (tertiary/aromatic N) is 2. The second-order valence-corrected chi connectivity index (χ2v) is 7.56. The molecule has 4 rings (SSSR count). The van der Waals surface area contributed by atoms with Gasteiger partial charge in [0.05, 0.1) is 6.61 Å². The standard InChI is InChI=1S/C19H22N4O7/c1-19(2)29-13-12(9-24)28-17(14(13)30-19)23-8-11(16(26)22-18(23)27)15(25)21-7-10-3-5-20-6-4-10/h3-6,8,12-14,17,24H,7,9H2,1-2H3,(H,21,25)(H,22,26,27). The molecule has 0 aliphatic carbocycles. The molecule has 4 unspecified atom stereocenters. The molecule has 0 saturated carbocycles. The molecular weight excluding hydrogens is 396 g/mol. The zero-order chi connectivity index (χ0) is 21.5. The minimum absolute atomic E-state index is 0.183. The number of fused-ring (bicyclic) bond motifs is 1. The van der Waals surface area contributed by atoms with Gasteiger partial charge in [0, 0.05) is 25.1 Å². The van der Waals surface area contributed by atoms with Gasteiger partial charge in [0.15, 0.2) is 12.0 Å². The Bertz CT molecular complexity index is 1050. The first kappa shape index (κ1) is 20.4. The largest absolute Gasteiger partial charge is 0.394 e. The average Bonchev–Trinajstić information content (AvgIpc) is 3.20. The van der Waals surface area contributed by atoms with Crippen molar-refractivity contribution in [2.45, 2.75) is 50.7 Å². The van der Waals surface area contributed by atoms with E-state index in [1.165, 1.54) is 0 Å². The number of hydrogen-bond acceptors (Lipinski definition) is 8. The Labute approximate surface area is 170 Å². The summed E-state index contributed by atoms with van der Waals surface area (Å²) in [5, 5.41) is 12.2. The Morgan fingerprint density at radius 2 is 1.97 bits per heavy atom. The Kier molecular flexibility index (Phi) is 5.28. The van der Waals surface area contributed by atoms with Gasteiger partial charge < -0.3 is 24.6 Å². The van der Waals surface area contributed by atoms with Gasteiger partial charge in [-0.1, -0.05) is 0 Å². The summed E-state index contributed by atoms with van der Waals surface area (Å²) in [6.45, 7) is 3.27. The van der Waals surface area contributed by atoms with Crippen LogP contribution < -0.4 is 16.6 Å². The second-order valence-electron chi connectivity index (χ2n) is 7.56. The number of hydrogen-bond donors (Lipinski definition) is 3. The molecule has 1 amide bonds. The van der Waals surface area contributed by atoms with Gasteiger partial charge >= 0.3 is 5.69 Å². The molecule has 160 valence electrons. The quantitative estimate of drug-likeness (QED) is 0.576. The number of pyridine rings is 1. The van der Waals surface area contributed by atoms with Crippen molar-refractivity contribution < 1.29 is 24.1 Å². The van der Waals surface area contributed by atoms with Gasteiger partial charge in [-0.15, -0.1) is 0 Å². The summed E-state index contributed by atoms with van der Waals surface area (Å²) in [4.78, 5) is 43.3. The third-order valence-corrected chi connectivity index (χ3v) is 4.99. The average molecular weight is 418 g/mol. The van der Waals surface area contributed by atoms with Crippen LogP contribution in [0.15, 0.2) is 40.3 Å². The van der Waals surface area contributed by atoms with Crippen molar-refractivity contribution in [3.63, 3.8) is 0 Å². The SMILES string of the molecule is CC1(C)OC2C(CO)OC(n3cc(C(=O)NCc4ccncc4)c(=O)[nH]c3=O)C2O1. The van der Waals surface area contributed by atoms with E-state index in [0.717, 1.165) is 16.3 Å². The molecule has 11 nitrogen and oxygen atoms in total. The molecule has 2 aliphatic rings. The Balaban J connectivity index is 1.61. The third-order valence-electron chi connectivity index (χ3n) is 4.99.